The normalized spacial score (nSPS) is 14.6. The van der Waals surface area contributed by atoms with Gasteiger partial charge in [-0.25, -0.2) is 8.42 Å². The summed E-state index contributed by atoms with van der Waals surface area (Å²) in [5, 5.41) is 21.7. The summed E-state index contributed by atoms with van der Waals surface area (Å²) in [4.78, 5) is 3.07. The van der Waals surface area contributed by atoms with Crippen molar-refractivity contribution in [3.05, 3.63) is 87.9 Å². The van der Waals surface area contributed by atoms with Gasteiger partial charge in [-0.05, 0) is 61.9 Å². The van der Waals surface area contributed by atoms with E-state index < -0.39 is 10.1 Å². The van der Waals surface area contributed by atoms with E-state index in [0.29, 0.717) is 0 Å². The molecule has 1 aliphatic rings. The molecule has 2 N–H and O–H groups in total. The van der Waals surface area contributed by atoms with Gasteiger partial charge in [-0.2, -0.15) is 4.57 Å². The summed E-state index contributed by atoms with van der Waals surface area (Å²) in [6.07, 6.45) is 4.31. The van der Waals surface area contributed by atoms with Crippen molar-refractivity contribution in [3.8, 4) is 11.5 Å². The highest BCUT2D eigenvalue weighted by Gasteiger charge is 2.22. The number of fused-ring (bicyclic) bond motifs is 2. The standard InChI is InChI=1S/C20H18N2O2S2.C7H8O3S/c1-12(8-19-21(2)15-10-13(23)4-6-17(15)25-19)9-20-22(3)16-11-14(24)5-7-18(16)26-20;1-6-2-4-7(5-3-6)11(8,9)10/h4-11H,1-3H3,(H-,23,24);2-5H,1H3,(H,8,9,10). The number of hydrogen-bond donors (Lipinski definition) is 2. The molecular weight excluding hydrogens is 529 g/mol. The Morgan fingerprint density at radius 2 is 1.68 bits per heavy atom. The van der Waals surface area contributed by atoms with Crippen molar-refractivity contribution in [1.29, 1.82) is 0 Å². The predicted octanol–water partition coefficient (Wildman–Crippen LogP) is 5.52. The van der Waals surface area contributed by atoms with Crippen molar-refractivity contribution < 1.29 is 27.8 Å². The maximum absolute atomic E-state index is 10.4. The van der Waals surface area contributed by atoms with Crippen molar-refractivity contribution in [2.75, 3.05) is 11.9 Å². The maximum atomic E-state index is 10.4. The number of nitrogens with zero attached hydrogens (tertiary/aromatic N) is 2. The Kier molecular flexibility index (Phi) is 7.65. The Bertz CT molecular complexity index is 1640. The molecule has 37 heavy (non-hydrogen) atoms. The Morgan fingerprint density at radius 3 is 2.35 bits per heavy atom. The molecule has 0 spiro atoms. The average molecular weight is 555 g/mol. The Morgan fingerprint density at radius 1 is 1.03 bits per heavy atom. The molecule has 0 amide bonds. The first-order valence-electron chi connectivity index (χ1n) is 11.2. The number of rotatable bonds is 3. The number of phenolic OH excluding ortho intramolecular Hbond substituents is 2. The molecule has 0 saturated heterocycles. The number of aromatic hydroxyl groups is 2. The molecule has 5 rings (SSSR count). The van der Waals surface area contributed by atoms with Crippen LogP contribution in [-0.2, 0) is 17.2 Å². The van der Waals surface area contributed by atoms with E-state index in [4.69, 9.17) is 0 Å². The van der Waals surface area contributed by atoms with E-state index in [9.17, 15) is 23.2 Å². The van der Waals surface area contributed by atoms with E-state index in [0.717, 1.165) is 42.0 Å². The summed E-state index contributed by atoms with van der Waals surface area (Å²) >= 11 is 3.40. The van der Waals surface area contributed by atoms with Crippen molar-refractivity contribution in [2.45, 2.75) is 23.6 Å². The third-order valence-electron chi connectivity index (χ3n) is 5.71. The average Bonchev–Trinajstić information content (AvgIpc) is 3.30. The highest BCUT2D eigenvalue weighted by molar-refractivity contribution is 8.03. The number of allylic oxidation sites excluding steroid dienone is 2. The van der Waals surface area contributed by atoms with Gasteiger partial charge in [0.05, 0.1) is 21.7 Å². The van der Waals surface area contributed by atoms with Gasteiger partial charge in [-0.15, -0.1) is 0 Å². The zero-order valence-electron chi connectivity index (χ0n) is 20.7. The van der Waals surface area contributed by atoms with Gasteiger partial charge in [0.25, 0.3) is 5.01 Å². The minimum absolute atomic E-state index is 0.178. The third kappa shape index (κ3) is 6.16. The quantitative estimate of drug-likeness (QED) is 0.254. The number of thiazole rings is 1. The van der Waals surface area contributed by atoms with E-state index in [1.165, 1.54) is 12.1 Å². The van der Waals surface area contributed by atoms with Gasteiger partial charge in [0.2, 0.25) is 5.52 Å². The molecule has 10 heteroatoms. The lowest BCUT2D eigenvalue weighted by Crippen LogP contribution is -2.28. The third-order valence-corrected chi connectivity index (χ3v) is 8.89. The van der Waals surface area contributed by atoms with Crippen LogP contribution < -0.4 is 9.47 Å². The number of thioether (sulfide) groups is 1. The Balaban J connectivity index is 0.000000245. The topological polar surface area (TPSA) is 105 Å². The number of anilines is 1. The van der Waals surface area contributed by atoms with Gasteiger partial charge < -0.3 is 19.7 Å². The van der Waals surface area contributed by atoms with Crippen LogP contribution in [0.3, 0.4) is 0 Å². The van der Waals surface area contributed by atoms with E-state index in [-0.39, 0.29) is 16.4 Å². The number of aryl methyl sites for hydroxylation is 2. The predicted molar refractivity (Wildman–Crippen MR) is 148 cm³/mol. The van der Waals surface area contributed by atoms with Crippen LogP contribution >= 0.6 is 23.1 Å². The number of hydrogen-bond acceptors (Lipinski definition) is 8. The molecular formula is C27H26N2O5S3. The molecule has 3 aromatic carbocycles. The van der Waals surface area contributed by atoms with Gasteiger partial charge in [0.1, 0.15) is 33.4 Å². The molecule has 0 unspecified atom stereocenters. The summed E-state index contributed by atoms with van der Waals surface area (Å²) in [5.41, 5.74) is 4.12. The van der Waals surface area contributed by atoms with E-state index in [2.05, 4.69) is 28.5 Å². The molecule has 192 valence electrons. The molecule has 1 aliphatic heterocycles. The van der Waals surface area contributed by atoms with Crippen LogP contribution in [0, 0.1) is 6.92 Å². The van der Waals surface area contributed by atoms with Crippen LogP contribution in [0.15, 0.2) is 87.1 Å². The second kappa shape index (κ2) is 10.6. The lowest BCUT2D eigenvalue weighted by Gasteiger charge is -2.13. The Labute approximate surface area is 224 Å². The number of aromatic nitrogens is 1. The maximum Gasteiger partial charge on any atom is 0.262 e. The van der Waals surface area contributed by atoms with E-state index in [1.807, 2.05) is 33.2 Å². The van der Waals surface area contributed by atoms with Gasteiger partial charge >= 0.3 is 0 Å². The van der Waals surface area contributed by atoms with Crippen LogP contribution in [0.25, 0.3) is 16.3 Å². The second-order valence-electron chi connectivity index (χ2n) is 8.60. The fraction of sp³-hybridized carbons (Fsp3) is 0.148. The molecule has 1 aromatic heterocycles. The lowest BCUT2D eigenvalue weighted by molar-refractivity contribution is -0.642. The van der Waals surface area contributed by atoms with Crippen molar-refractivity contribution in [3.63, 3.8) is 0 Å². The highest BCUT2D eigenvalue weighted by Crippen LogP contribution is 2.46. The van der Waals surface area contributed by atoms with Gasteiger partial charge in [0.15, 0.2) is 0 Å². The van der Waals surface area contributed by atoms with Crippen LogP contribution in [0.1, 0.15) is 17.5 Å². The first kappa shape index (κ1) is 26.7. The van der Waals surface area contributed by atoms with E-state index in [1.54, 1.807) is 59.5 Å². The SMILES string of the molecule is CC(=C/c1sc2ccc(O)cc2[n+]1C)/C=C1\Sc2ccc(O)cc2N1C.Cc1ccc(S(=O)(=O)[O-])cc1. The lowest BCUT2D eigenvalue weighted by atomic mass is 10.2. The summed E-state index contributed by atoms with van der Waals surface area (Å²) in [6.45, 7) is 3.91. The summed E-state index contributed by atoms with van der Waals surface area (Å²) in [6, 6.07) is 16.7. The number of benzene rings is 3. The van der Waals surface area contributed by atoms with Crippen LogP contribution in [0.2, 0.25) is 0 Å². The first-order valence-corrected chi connectivity index (χ1v) is 14.3. The molecule has 0 fully saturated rings. The molecule has 0 saturated carbocycles. The van der Waals surface area contributed by atoms with Gasteiger partial charge in [-0.3, -0.25) is 0 Å². The number of phenols is 2. The largest absolute Gasteiger partial charge is 0.744 e. The molecule has 0 bridgehead atoms. The van der Waals surface area contributed by atoms with Crippen LogP contribution in [0.4, 0.5) is 5.69 Å². The molecule has 0 aliphatic carbocycles. The fourth-order valence-electron chi connectivity index (χ4n) is 3.70. The summed E-state index contributed by atoms with van der Waals surface area (Å²) in [5.74, 6) is 0.565. The first-order chi connectivity index (χ1) is 17.4. The van der Waals surface area contributed by atoms with Crippen molar-refractivity contribution in [1.82, 2.24) is 0 Å². The zero-order valence-corrected chi connectivity index (χ0v) is 23.1. The summed E-state index contributed by atoms with van der Waals surface area (Å²) in [7, 11) is -0.243. The molecule has 2 heterocycles. The zero-order chi connectivity index (χ0) is 26.9. The summed E-state index contributed by atoms with van der Waals surface area (Å²) < 4.78 is 34.4. The minimum atomic E-state index is -4.27. The molecule has 0 atom stereocenters. The van der Waals surface area contributed by atoms with E-state index >= 15 is 0 Å². The second-order valence-corrected chi connectivity index (χ2v) is 12.1. The van der Waals surface area contributed by atoms with Crippen LogP contribution in [0.5, 0.6) is 11.5 Å². The van der Waals surface area contributed by atoms with Crippen molar-refractivity contribution in [2.24, 2.45) is 7.05 Å². The smallest absolute Gasteiger partial charge is 0.262 e. The minimum Gasteiger partial charge on any atom is -0.744 e. The molecule has 7 nitrogen and oxygen atoms in total. The molecule has 0 radical (unpaired) electrons. The van der Waals surface area contributed by atoms with Crippen molar-refractivity contribution >= 4 is 55.2 Å². The highest BCUT2D eigenvalue weighted by atomic mass is 32.2. The fourth-order valence-corrected chi connectivity index (χ4v) is 6.45. The monoisotopic (exact) mass is 554 g/mol. The molecule has 4 aromatic rings. The van der Waals surface area contributed by atoms with Gasteiger partial charge in [0, 0.05) is 24.1 Å². The van der Waals surface area contributed by atoms with Crippen LogP contribution in [-0.4, -0.2) is 30.2 Å². The van der Waals surface area contributed by atoms with Gasteiger partial charge in [-0.1, -0.05) is 40.8 Å². The Hall–Kier alpha value is -3.31.